The predicted octanol–water partition coefficient (Wildman–Crippen LogP) is 3.46. The van der Waals surface area contributed by atoms with E-state index in [-0.39, 0.29) is 0 Å². The van der Waals surface area contributed by atoms with Gasteiger partial charge in [0.2, 0.25) is 0 Å². The molecular formula is C13H18N2O. The van der Waals surface area contributed by atoms with Gasteiger partial charge in [0, 0.05) is 7.05 Å². The third kappa shape index (κ3) is 1.90. The van der Waals surface area contributed by atoms with E-state index in [1.165, 1.54) is 12.0 Å². The molecule has 1 aromatic carbocycles. The monoisotopic (exact) mass is 218 g/mol. The Morgan fingerprint density at radius 3 is 2.94 bits per heavy atom. The van der Waals surface area contributed by atoms with Gasteiger partial charge in [-0.3, -0.25) is 0 Å². The average Bonchev–Trinajstić information content (AvgIpc) is 2.73. The van der Waals surface area contributed by atoms with Gasteiger partial charge in [0.05, 0.1) is 5.39 Å². The second kappa shape index (κ2) is 4.56. The van der Waals surface area contributed by atoms with E-state index in [1.807, 2.05) is 19.2 Å². The molecule has 0 bridgehead atoms. The molecule has 1 aromatic heterocycles. The van der Waals surface area contributed by atoms with E-state index in [0.29, 0.717) is 5.92 Å². The molecule has 0 aliphatic rings. The fraction of sp³-hybridized carbons (Fsp3) is 0.462. The van der Waals surface area contributed by atoms with Crippen molar-refractivity contribution in [2.24, 2.45) is 5.92 Å². The lowest BCUT2D eigenvalue weighted by Gasteiger charge is -2.09. The second-order valence-electron chi connectivity index (χ2n) is 4.29. The van der Waals surface area contributed by atoms with E-state index in [0.717, 1.165) is 23.2 Å². The summed E-state index contributed by atoms with van der Waals surface area (Å²) in [6.45, 7) is 4.49. The Kier molecular flexibility index (Phi) is 3.13. The Balaban J connectivity index is 2.46. The average molecular weight is 218 g/mol. The van der Waals surface area contributed by atoms with Crippen LogP contribution in [0, 0.1) is 5.92 Å². The van der Waals surface area contributed by atoms with Crippen LogP contribution in [-0.4, -0.2) is 12.2 Å². The first-order valence-electron chi connectivity index (χ1n) is 5.81. The molecule has 0 spiro atoms. The summed E-state index contributed by atoms with van der Waals surface area (Å²) in [6, 6.07) is 6.15. The lowest BCUT2D eigenvalue weighted by Crippen LogP contribution is -1.99. The number of nitrogens with zero attached hydrogens (tertiary/aromatic N) is 1. The minimum atomic E-state index is 0.685. The molecule has 0 saturated heterocycles. The van der Waals surface area contributed by atoms with Crippen molar-refractivity contribution >= 4 is 16.8 Å². The Labute approximate surface area is 95.8 Å². The molecule has 0 fully saturated rings. The zero-order valence-corrected chi connectivity index (χ0v) is 10.1. The summed E-state index contributed by atoms with van der Waals surface area (Å²) in [6.07, 6.45) is 2.26. The standard InChI is InChI=1S/C13H18N2O/c1-4-9(2)8-10-6-5-7-11-12(10)13(14-3)15-16-11/h5-7,9H,4,8H2,1-3H3,(H,14,15). The molecule has 0 aliphatic heterocycles. The zero-order valence-electron chi connectivity index (χ0n) is 10.1. The van der Waals surface area contributed by atoms with Crippen molar-refractivity contribution in [3.8, 4) is 0 Å². The van der Waals surface area contributed by atoms with Crippen LogP contribution in [0.25, 0.3) is 11.0 Å². The predicted molar refractivity (Wildman–Crippen MR) is 66.7 cm³/mol. The van der Waals surface area contributed by atoms with Crippen LogP contribution in [0.15, 0.2) is 22.7 Å². The topological polar surface area (TPSA) is 38.1 Å². The van der Waals surface area contributed by atoms with Crippen molar-refractivity contribution in [2.45, 2.75) is 26.7 Å². The number of anilines is 1. The minimum Gasteiger partial charge on any atom is -0.370 e. The summed E-state index contributed by atoms with van der Waals surface area (Å²) in [5, 5.41) is 8.23. The van der Waals surface area contributed by atoms with E-state index in [4.69, 9.17) is 4.52 Å². The molecule has 1 N–H and O–H groups in total. The van der Waals surface area contributed by atoms with Gasteiger partial charge in [-0.05, 0) is 24.0 Å². The smallest absolute Gasteiger partial charge is 0.177 e. The molecular weight excluding hydrogens is 200 g/mol. The number of rotatable bonds is 4. The Morgan fingerprint density at radius 2 is 2.25 bits per heavy atom. The molecule has 1 atom stereocenters. The van der Waals surface area contributed by atoms with Crippen molar-refractivity contribution in [1.29, 1.82) is 0 Å². The number of hydrogen-bond donors (Lipinski definition) is 1. The quantitative estimate of drug-likeness (QED) is 0.854. The highest BCUT2D eigenvalue weighted by Crippen LogP contribution is 2.28. The summed E-state index contributed by atoms with van der Waals surface area (Å²) in [5.41, 5.74) is 2.18. The van der Waals surface area contributed by atoms with Gasteiger partial charge in [0.25, 0.3) is 0 Å². The van der Waals surface area contributed by atoms with Gasteiger partial charge in [-0.1, -0.05) is 37.6 Å². The van der Waals surface area contributed by atoms with Crippen molar-refractivity contribution < 1.29 is 4.52 Å². The van der Waals surface area contributed by atoms with Gasteiger partial charge in [-0.25, -0.2) is 0 Å². The second-order valence-corrected chi connectivity index (χ2v) is 4.29. The molecule has 0 radical (unpaired) electrons. The highest BCUT2D eigenvalue weighted by Gasteiger charge is 2.12. The van der Waals surface area contributed by atoms with Gasteiger partial charge in [-0.2, -0.15) is 0 Å². The fourth-order valence-corrected chi connectivity index (χ4v) is 1.92. The first-order chi connectivity index (χ1) is 7.76. The Morgan fingerprint density at radius 1 is 1.44 bits per heavy atom. The molecule has 0 saturated carbocycles. The summed E-state index contributed by atoms with van der Waals surface area (Å²) in [4.78, 5) is 0. The van der Waals surface area contributed by atoms with Crippen LogP contribution in [0.3, 0.4) is 0 Å². The van der Waals surface area contributed by atoms with Crippen molar-refractivity contribution in [3.05, 3.63) is 23.8 Å². The fourth-order valence-electron chi connectivity index (χ4n) is 1.92. The molecule has 3 heteroatoms. The normalized spacial score (nSPS) is 12.9. The Hall–Kier alpha value is -1.51. The molecule has 1 unspecified atom stereocenters. The number of fused-ring (bicyclic) bond motifs is 1. The van der Waals surface area contributed by atoms with Gasteiger partial charge >= 0.3 is 0 Å². The van der Waals surface area contributed by atoms with Crippen molar-refractivity contribution in [1.82, 2.24) is 5.16 Å². The highest BCUT2D eigenvalue weighted by molar-refractivity contribution is 5.91. The van der Waals surface area contributed by atoms with Gasteiger partial charge in [0.1, 0.15) is 0 Å². The largest absolute Gasteiger partial charge is 0.370 e. The van der Waals surface area contributed by atoms with Crippen molar-refractivity contribution in [2.75, 3.05) is 12.4 Å². The highest BCUT2D eigenvalue weighted by atomic mass is 16.5. The van der Waals surface area contributed by atoms with Crippen molar-refractivity contribution in [3.63, 3.8) is 0 Å². The molecule has 0 aliphatic carbocycles. The lowest BCUT2D eigenvalue weighted by atomic mass is 9.96. The summed E-state index contributed by atoms with van der Waals surface area (Å²) < 4.78 is 5.28. The first-order valence-corrected chi connectivity index (χ1v) is 5.81. The third-order valence-corrected chi connectivity index (χ3v) is 3.09. The minimum absolute atomic E-state index is 0.685. The van der Waals surface area contributed by atoms with Crippen LogP contribution in [0.5, 0.6) is 0 Å². The van der Waals surface area contributed by atoms with Crippen LogP contribution < -0.4 is 5.32 Å². The summed E-state index contributed by atoms with van der Waals surface area (Å²) >= 11 is 0. The zero-order chi connectivity index (χ0) is 11.5. The number of hydrogen-bond acceptors (Lipinski definition) is 3. The number of benzene rings is 1. The molecule has 1 heterocycles. The SMILES string of the molecule is CCC(C)Cc1cccc2onc(NC)c12. The molecule has 86 valence electrons. The first kappa shape index (κ1) is 11.0. The molecule has 16 heavy (non-hydrogen) atoms. The van der Waals surface area contributed by atoms with Crippen LogP contribution >= 0.6 is 0 Å². The van der Waals surface area contributed by atoms with E-state index >= 15 is 0 Å². The van der Waals surface area contributed by atoms with E-state index in [2.05, 4.69) is 30.4 Å². The van der Waals surface area contributed by atoms with Gasteiger partial charge in [-0.15, -0.1) is 0 Å². The Bertz CT molecular complexity index is 476. The van der Waals surface area contributed by atoms with Gasteiger partial charge in [0.15, 0.2) is 11.4 Å². The maximum atomic E-state index is 5.28. The van der Waals surface area contributed by atoms with Crippen LogP contribution in [-0.2, 0) is 6.42 Å². The lowest BCUT2D eigenvalue weighted by molar-refractivity contribution is 0.460. The molecule has 0 amide bonds. The summed E-state index contributed by atoms with van der Waals surface area (Å²) in [7, 11) is 1.87. The van der Waals surface area contributed by atoms with Gasteiger partial charge < -0.3 is 9.84 Å². The number of aromatic nitrogens is 1. The molecule has 2 aromatic rings. The van der Waals surface area contributed by atoms with Crippen LogP contribution in [0.2, 0.25) is 0 Å². The number of nitrogens with one attached hydrogen (secondary N) is 1. The molecule has 2 rings (SSSR count). The van der Waals surface area contributed by atoms with Crippen LogP contribution in [0.4, 0.5) is 5.82 Å². The van der Waals surface area contributed by atoms with E-state index in [1.54, 1.807) is 0 Å². The molecule has 3 nitrogen and oxygen atoms in total. The van der Waals surface area contributed by atoms with E-state index < -0.39 is 0 Å². The van der Waals surface area contributed by atoms with E-state index in [9.17, 15) is 0 Å². The van der Waals surface area contributed by atoms with Crippen LogP contribution in [0.1, 0.15) is 25.8 Å². The maximum Gasteiger partial charge on any atom is 0.177 e. The maximum absolute atomic E-state index is 5.28. The third-order valence-electron chi connectivity index (χ3n) is 3.09. The summed E-state index contributed by atoms with van der Waals surface area (Å²) in [5.74, 6) is 1.53.